The lowest BCUT2D eigenvalue weighted by Crippen LogP contribution is -2.25. The zero-order valence-electron chi connectivity index (χ0n) is 13.0. The fourth-order valence-corrected chi connectivity index (χ4v) is 3.29. The van der Waals surface area contributed by atoms with E-state index in [0.29, 0.717) is 22.7 Å². The van der Waals surface area contributed by atoms with Crippen molar-refractivity contribution in [1.82, 2.24) is 5.32 Å². The summed E-state index contributed by atoms with van der Waals surface area (Å²) in [5.74, 6) is 0.920. The van der Waals surface area contributed by atoms with Gasteiger partial charge in [-0.3, -0.25) is 0 Å². The molecule has 3 rings (SSSR count). The van der Waals surface area contributed by atoms with Crippen LogP contribution < -0.4 is 10.1 Å². The van der Waals surface area contributed by atoms with Crippen molar-refractivity contribution < 1.29 is 4.74 Å². The average molecular weight is 350 g/mol. The zero-order chi connectivity index (χ0) is 16.1. The second-order valence-electron chi connectivity index (χ2n) is 6.01. The molecule has 1 fully saturated rings. The van der Waals surface area contributed by atoms with Crippen molar-refractivity contribution in [3.8, 4) is 5.75 Å². The molecule has 0 aliphatic heterocycles. The lowest BCUT2D eigenvalue weighted by Gasteiger charge is -2.15. The van der Waals surface area contributed by atoms with E-state index in [9.17, 15) is 0 Å². The Morgan fingerprint density at radius 1 is 1.00 bits per heavy atom. The molecule has 1 aliphatic carbocycles. The molecular formula is C19H21Cl2NO. The van der Waals surface area contributed by atoms with Crippen LogP contribution in [0.15, 0.2) is 42.5 Å². The van der Waals surface area contributed by atoms with E-state index in [2.05, 4.69) is 17.4 Å². The molecule has 0 amide bonds. The second kappa shape index (κ2) is 8.05. The number of hydrogen-bond acceptors (Lipinski definition) is 2. The molecule has 0 radical (unpaired) electrons. The van der Waals surface area contributed by atoms with Gasteiger partial charge in [0.25, 0.3) is 0 Å². The third-order valence-corrected chi connectivity index (χ3v) is 5.03. The third-order valence-electron chi connectivity index (χ3n) is 4.29. The van der Waals surface area contributed by atoms with Gasteiger partial charge in [0.05, 0.1) is 10.0 Å². The van der Waals surface area contributed by atoms with Crippen LogP contribution in [0.1, 0.15) is 36.8 Å². The number of ether oxygens (including phenoxy) is 1. The van der Waals surface area contributed by atoms with Gasteiger partial charge in [-0.15, -0.1) is 0 Å². The molecule has 122 valence electrons. The van der Waals surface area contributed by atoms with Crippen molar-refractivity contribution in [3.63, 3.8) is 0 Å². The zero-order valence-corrected chi connectivity index (χ0v) is 14.5. The van der Waals surface area contributed by atoms with Crippen molar-refractivity contribution in [2.75, 3.05) is 0 Å². The molecule has 4 heteroatoms. The van der Waals surface area contributed by atoms with E-state index in [1.165, 1.54) is 31.2 Å². The fourth-order valence-electron chi connectivity index (χ4n) is 2.97. The summed E-state index contributed by atoms with van der Waals surface area (Å²) >= 11 is 12.0. The van der Waals surface area contributed by atoms with E-state index >= 15 is 0 Å². The van der Waals surface area contributed by atoms with Gasteiger partial charge >= 0.3 is 0 Å². The highest BCUT2D eigenvalue weighted by Gasteiger charge is 2.14. The molecule has 0 heterocycles. The monoisotopic (exact) mass is 349 g/mol. The van der Waals surface area contributed by atoms with E-state index < -0.39 is 0 Å². The normalized spacial score (nSPS) is 15.0. The van der Waals surface area contributed by atoms with Crippen LogP contribution in [0.2, 0.25) is 10.0 Å². The third kappa shape index (κ3) is 4.63. The highest BCUT2D eigenvalue weighted by Crippen LogP contribution is 2.25. The van der Waals surface area contributed by atoms with Gasteiger partial charge in [0.15, 0.2) is 0 Å². The van der Waals surface area contributed by atoms with Crippen LogP contribution in [0.3, 0.4) is 0 Å². The molecule has 1 saturated carbocycles. The minimum absolute atomic E-state index is 0.483. The van der Waals surface area contributed by atoms with Crippen molar-refractivity contribution in [3.05, 3.63) is 63.6 Å². The topological polar surface area (TPSA) is 21.3 Å². The van der Waals surface area contributed by atoms with Crippen molar-refractivity contribution >= 4 is 23.2 Å². The van der Waals surface area contributed by atoms with Gasteiger partial charge < -0.3 is 10.1 Å². The average Bonchev–Trinajstić information content (AvgIpc) is 3.08. The molecule has 0 saturated heterocycles. The van der Waals surface area contributed by atoms with Gasteiger partial charge in [-0.1, -0.05) is 60.3 Å². The number of halogens is 2. The van der Waals surface area contributed by atoms with Crippen molar-refractivity contribution in [1.29, 1.82) is 0 Å². The molecule has 2 aromatic rings. The van der Waals surface area contributed by atoms with Crippen LogP contribution in [0.5, 0.6) is 5.75 Å². The number of nitrogens with one attached hydrogen (secondary N) is 1. The largest absolute Gasteiger partial charge is 0.489 e. The molecule has 0 atom stereocenters. The van der Waals surface area contributed by atoms with Crippen LogP contribution in [-0.4, -0.2) is 6.04 Å². The van der Waals surface area contributed by atoms with Crippen LogP contribution in [0.4, 0.5) is 0 Å². The lowest BCUT2D eigenvalue weighted by atomic mass is 10.1. The van der Waals surface area contributed by atoms with Gasteiger partial charge in [0.1, 0.15) is 12.4 Å². The summed E-state index contributed by atoms with van der Waals surface area (Å²) in [6.07, 6.45) is 5.25. The highest BCUT2D eigenvalue weighted by atomic mass is 35.5. The first-order chi connectivity index (χ1) is 11.2. The molecule has 2 aromatic carbocycles. The second-order valence-corrected chi connectivity index (χ2v) is 6.82. The predicted octanol–water partition coefficient (Wildman–Crippen LogP) is 5.60. The smallest absolute Gasteiger partial charge is 0.124 e. The van der Waals surface area contributed by atoms with E-state index in [-0.39, 0.29) is 0 Å². The summed E-state index contributed by atoms with van der Waals surface area (Å²) in [6.45, 7) is 1.33. The van der Waals surface area contributed by atoms with Gasteiger partial charge in [-0.05, 0) is 36.6 Å². The Morgan fingerprint density at radius 2 is 1.78 bits per heavy atom. The Hall–Kier alpha value is -1.22. The summed E-state index contributed by atoms with van der Waals surface area (Å²) in [7, 11) is 0. The van der Waals surface area contributed by atoms with Crippen LogP contribution in [-0.2, 0) is 13.2 Å². The minimum Gasteiger partial charge on any atom is -0.489 e. The Morgan fingerprint density at radius 3 is 2.57 bits per heavy atom. The molecule has 0 bridgehead atoms. The molecule has 1 N–H and O–H groups in total. The summed E-state index contributed by atoms with van der Waals surface area (Å²) in [5.41, 5.74) is 2.21. The molecule has 0 aromatic heterocycles. The van der Waals surface area contributed by atoms with E-state index in [1.54, 1.807) is 6.07 Å². The van der Waals surface area contributed by atoms with Crippen molar-refractivity contribution in [2.24, 2.45) is 0 Å². The maximum Gasteiger partial charge on any atom is 0.124 e. The summed E-state index contributed by atoms with van der Waals surface area (Å²) in [5, 5.41) is 4.76. The van der Waals surface area contributed by atoms with Crippen LogP contribution in [0, 0.1) is 0 Å². The standard InChI is InChI=1S/C19H21Cl2NO/c20-17-10-9-14(11-18(17)21)13-23-19-8-4-1-5-15(19)12-22-16-6-2-3-7-16/h1,4-5,8-11,16,22H,2-3,6-7,12-13H2. The van der Waals surface area contributed by atoms with Crippen LogP contribution in [0.25, 0.3) is 0 Å². The molecule has 0 unspecified atom stereocenters. The first-order valence-corrected chi connectivity index (χ1v) is 8.86. The van der Waals surface area contributed by atoms with Gasteiger partial charge in [0, 0.05) is 18.2 Å². The number of rotatable bonds is 6. The van der Waals surface area contributed by atoms with E-state index in [1.807, 2.05) is 24.3 Å². The van der Waals surface area contributed by atoms with Crippen molar-refractivity contribution in [2.45, 2.75) is 44.9 Å². The maximum absolute atomic E-state index is 6.05. The lowest BCUT2D eigenvalue weighted by molar-refractivity contribution is 0.301. The van der Waals surface area contributed by atoms with Gasteiger partial charge in [-0.25, -0.2) is 0 Å². The minimum atomic E-state index is 0.483. The number of para-hydroxylation sites is 1. The quantitative estimate of drug-likeness (QED) is 0.732. The molecule has 0 spiro atoms. The van der Waals surface area contributed by atoms with Gasteiger partial charge in [0.2, 0.25) is 0 Å². The molecule has 1 aliphatic rings. The van der Waals surface area contributed by atoms with Crippen LogP contribution >= 0.6 is 23.2 Å². The fraction of sp³-hybridized carbons (Fsp3) is 0.368. The number of benzene rings is 2. The predicted molar refractivity (Wildman–Crippen MR) is 96.3 cm³/mol. The SMILES string of the molecule is Clc1ccc(COc2ccccc2CNC2CCCC2)cc1Cl. The first-order valence-electron chi connectivity index (χ1n) is 8.10. The Balaban J connectivity index is 1.61. The molecular weight excluding hydrogens is 329 g/mol. The summed E-state index contributed by atoms with van der Waals surface area (Å²) in [6, 6.07) is 14.4. The molecule has 23 heavy (non-hydrogen) atoms. The maximum atomic E-state index is 6.05. The van der Waals surface area contributed by atoms with E-state index in [0.717, 1.165) is 17.9 Å². The number of hydrogen-bond donors (Lipinski definition) is 1. The Bertz CT molecular complexity index is 654. The summed E-state index contributed by atoms with van der Waals surface area (Å²) in [4.78, 5) is 0. The first kappa shape index (κ1) is 16.6. The Kier molecular flexibility index (Phi) is 5.82. The van der Waals surface area contributed by atoms with Gasteiger partial charge in [-0.2, -0.15) is 0 Å². The van der Waals surface area contributed by atoms with E-state index in [4.69, 9.17) is 27.9 Å². The highest BCUT2D eigenvalue weighted by molar-refractivity contribution is 6.42. The summed E-state index contributed by atoms with van der Waals surface area (Å²) < 4.78 is 5.99. The Labute approximate surface area is 147 Å². The molecule has 2 nitrogen and oxygen atoms in total.